The molecule has 3 rings (SSSR count). The minimum absolute atomic E-state index is 0. The van der Waals surface area contributed by atoms with E-state index in [1.807, 2.05) is 48.5 Å². The van der Waals surface area contributed by atoms with Gasteiger partial charge in [-0.1, -0.05) is 60.7 Å². The van der Waals surface area contributed by atoms with Crippen molar-refractivity contribution in [3.63, 3.8) is 0 Å². The van der Waals surface area contributed by atoms with E-state index in [9.17, 15) is 4.79 Å². The van der Waals surface area contributed by atoms with Crippen molar-refractivity contribution in [3.8, 4) is 11.1 Å². The molecule has 3 aromatic rings. The van der Waals surface area contributed by atoms with E-state index in [4.69, 9.17) is 0 Å². The van der Waals surface area contributed by atoms with Crippen molar-refractivity contribution in [2.45, 2.75) is 4.21 Å². The van der Waals surface area contributed by atoms with Gasteiger partial charge in [0.25, 0.3) is 10.3 Å². The lowest BCUT2D eigenvalue weighted by atomic mass is 10.1. The van der Waals surface area contributed by atoms with E-state index in [-0.39, 0.29) is 22.8 Å². The molecule has 0 radical (unpaired) electrons. The molecule has 0 aliphatic rings. The molecule has 0 bridgehead atoms. The van der Waals surface area contributed by atoms with Gasteiger partial charge in [-0.3, -0.25) is 4.79 Å². The fourth-order valence-corrected chi connectivity index (χ4v) is 5.74. The van der Waals surface area contributed by atoms with Gasteiger partial charge < -0.3 is 17.0 Å². The van der Waals surface area contributed by atoms with E-state index in [2.05, 4.69) is 17.5 Å². The molecule has 2 aromatic carbocycles. The Hall–Kier alpha value is -1.01. The molecule has 0 fully saturated rings. The van der Waals surface area contributed by atoms with Crippen molar-refractivity contribution < 1.29 is 21.8 Å². The average Bonchev–Trinajstić information content (AvgIpc) is 3.03. The van der Waals surface area contributed by atoms with Crippen LogP contribution in [0.4, 0.5) is 0 Å². The molecule has 1 aromatic heterocycles. The smallest absolute Gasteiger partial charge is 0.293 e. The second kappa shape index (κ2) is 8.58. The predicted octanol–water partition coefficient (Wildman–Crippen LogP) is 2.74. The summed E-state index contributed by atoms with van der Waals surface area (Å²) in [5.41, 5.74) is 3.23. The number of thioether (sulfide) groups is 1. The maximum Gasteiger partial charge on any atom is 0.293 e. The third-order valence-electron chi connectivity index (χ3n) is 3.02. The van der Waals surface area contributed by atoms with Crippen LogP contribution in [0.15, 0.2) is 70.3 Å². The van der Waals surface area contributed by atoms with E-state index in [1.54, 1.807) is 32.4 Å². The Kier molecular flexibility index (Phi) is 6.76. The zero-order chi connectivity index (χ0) is 14.5. The molecule has 0 aliphatic heterocycles. The summed E-state index contributed by atoms with van der Waals surface area (Å²) in [6.07, 6.45) is 0. The quantitative estimate of drug-likeness (QED) is 0.279. The van der Waals surface area contributed by atoms with E-state index in [0.717, 1.165) is 5.56 Å². The highest BCUT2D eigenvalue weighted by Gasteiger charge is 2.17. The van der Waals surface area contributed by atoms with Gasteiger partial charge in [-0.25, -0.2) is 0 Å². The number of rotatable bonds is 5. The van der Waals surface area contributed by atoms with Gasteiger partial charge in [0, 0.05) is 5.56 Å². The molecule has 0 spiro atoms. The lowest BCUT2D eigenvalue weighted by Gasteiger charge is -2.01. The molecule has 0 amide bonds. The number of ketones is 1. The molecule has 0 saturated heterocycles. The first-order chi connectivity index (χ1) is 10.3. The van der Waals surface area contributed by atoms with Gasteiger partial charge in [0.05, 0.1) is 11.3 Å². The standard InChI is InChI=1S/C17H13OS3.BrH/c18-16(14-9-5-2-6-10-14)12-19-17-15(11-20-21-17)13-7-3-1-4-8-13;/h1-11H,12H2;1H/q+1;/p-1. The zero-order valence-corrected chi connectivity index (χ0v) is 15.6. The molecule has 0 aliphatic carbocycles. The molecule has 0 atom stereocenters. The molecular formula is C17H13BrOS3. The van der Waals surface area contributed by atoms with Gasteiger partial charge in [0.1, 0.15) is 4.21 Å². The van der Waals surface area contributed by atoms with Crippen LogP contribution in [-0.4, -0.2) is 11.5 Å². The Balaban J connectivity index is 0.00000176. The highest BCUT2D eigenvalue weighted by molar-refractivity contribution is 8.03. The summed E-state index contributed by atoms with van der Waals surface area (Å²) in [5.74, 6) is 0.662. The van der Waals surface area contributed by atoms with Crippen molar-refractivity contribution in [2.75, 3.05) is 5.75 Å². The fraction of sp³-hybridized carbons (Fsp3) is 0.0588. The monoisotopic (exact) mass is 408 g/mol. The van der Waals surface area contributed by atoms with Crippen LogP contribution >= 0.6 is 32.4 Å². The average molecular weight is 409 g/mol. The summed E-state index contributed by atoms with van der Waals surface area (Å²) in [7, 11) is 3.45. The first kappa shape index (κ1) is 17.3. The van der Waals surface area contributed by atoms with Gasteiger partial charge in [-0.15, -0.1) is 11.8 Å². The van der Waals surface area contributed by atoms with Crippen LogP contribution in [0.25, 0.3) is 11.1 Å². The second-order valence-electron chi connectivity index (χ2n) is 4.44. The third kappa shape index (κ3) is 4.26. The molecule has 0 unspecified atom stereocenters. The predicted molar refractivity (Wildman–Crippen MR) is 93.5 cm³/mol. The highest BCUT2D eigenvalue weighted by Crippen LogP contribution is 2.39. The normalized spacial score (nSPS) is 10.0. The Bertz CT molecular complexity index is 726. The van der Waals surface area contributed by atoms with Gasteiger partial charge >= 0.3 is 0 Å². The van der Waals surface area contributed by atoms with Crippen molar-refractivity contribution >= 4 is 38.2 Å². The van der Waals surface area contributed by atoms with Gasteiger partial charge in [0.15, 0.2) is 16.1 Å². The van der Waals surface area contributed by atoms with Crippen molar-refractivity contribution in [2.24, 2.45) is 0 Å². The Morgan fingerprint density at radius 2 is 1.64 bits per heavy atom. The number of halogens is 1. The van der Waals surface area contributed by atoms with Gasteiger partial charge in [-0.2, -0.15) is 0 Å². The van der Waals surface area contributed by atoms with Crippen LogP contribution < -0.4 is 17.0 Å². The lowest BCUT2D eigenvalue weighted by molar-refractivity contribution is -0.0000117. The molecule has 1 nitrogen and oxygen atoms in total. The van der Waals surface area contributed by atoms with E-state index in [0.29, 0.717) is 5.75 Å². The number of carbonyl (C=O) groups excluding carboxylic acids is 1. The van der Waals surface area contributed by atoms with Crippen LogP contribution in [0.3, 0.4) is 0 Å². The number of hydrogen-bond donors (Lipinski definition) is 0. The van der Waals surface area contributed by atoms with E-state index >= 15 is 0 Å². The number of hydrogen-bond acceptors (Lipinski definition) is 3. The summed E-state index contributed by atoms with van der Waals surface area (Å²) in [6, 6.07) is 19.8. The summed E-state index contributed by atoms with van der Waals surface area (Å²) < 4.78 is 1.22. The number of benzene rings is 2. The third-order valence-corrected chi connectivity index (χ3v) is 6.71. The summed E-state index contributed by atoms with van der Waals surface area (Å²) in [6.45, 7) is 0. The Morgan fingerprint density at radius 3 is 2.32 bits per heavy atom. The molecule has 0 N–H and O–H groups in total. The summed E-state index contributed by atoms with van der Waals surface area (Å²) in [4.78, 5) is 12.2. The van der Waals surface area contributed by atoms with Gasteiger partial charge in [0.2, 0.25) is 5.38 Å². The lowest BCUT2D eigenvalue weighted by Crippen LogP contribution is -3.00. The van der Waals surface area contributed by atoms with Crippen molar-refractivity contribution in [3.05, 3.63) is 71.6 Å². The minimum atomic E-state index is 0. The van der Waals surface area contributed by atoms with Crippen LogP contribution in [0.2, 0.25) is 0 Å². The van der Waals surface area contributed by atoms with Gasteiger partial charge in [-0.05, 0) is 5.56 Å². The minimum Gasteiger partial charge on any atom is -1.00 e. The number of carbonyl (C=O) groups is 1. The molecule has 112 valence electrons. The van der Waals surface area contributed by atoms with Crippen molar-refractivity contribution in [1.82, 2.24) is 0 Å². The summed E-state index contributed by atoms with van der Waals surface area (Å²) in [5, 5.41) is 2.16. The maximum atomic E-state index is 12.2. The van der Waals surface area contributed by atoms with Crippen LogP contribution in [0.5, 0.6) is 0 Å². The molecule has 22 heavy (non-hydrogen) atoms. The molecule has 0 saturated carbocycles. The highest BCUT2D eigenvalue weighted by atomic mass is 79.9. The zero-order valence-electron chi connectivity index (χ0n) is 11.6. The first-order valence-electron chi connectivity index (χ1n) is 6.52. The Morgan fingerprint density at radius 1 is 1.00 bits per heavy atom. The molecule has 5 heteroatoms. The van der Waals surface area contributed by atoms with E-state index in [1.165, 1.54) is 15.3 Å². The molecule has 1 heterocycles. The van der Waals surface area contributed by atoms with E-state index < -0.39 is 0 Å². The summed E-state index contributed by atoms with van der Waals surface area (Å²) >= 11 is 1.63. The SMILES string of the molecule is O=C(CSc1s[s+]cc1-c1ccccc1)c1ccccc1.[Br-]. The van der Waals surface area contributed by atoms with Crippen LogP contribution in [0, 0.1) is 0 Å². The topological polar surface area (TPSA) is 17.1 Å². The van der Waals surface area contributed by atoms with Crippen LogP contribution in [-0.2, 0) is 0 Å². The molecular weight excluding hydrogens is 396 g/mol. The largest absolute Gasteiger partial charge is 1.00 e. The van der Waals surface area contributed by atoms with Crippen LogP contribution in [0.1, 0.15) is 10.4 Å². The maximum absolute atomic E-state index is 12.2. The fourth-order valence-electron chi connectivity index (χ4n) is 1.95. The van der Waals surface area contributed by atoms with Crippen molar-refractivity contribution in [1.29, 1.82) is 0 Å². The first-order valence-corrected chi connectivity index (χ1v) is 9.72. The Labute approximate surface area is 152 Å². The second-order valence-corrected chi connectivity index (χ2v) is 7.77. The number of Topliss-reactive ketones (excluding diaryl/α,β-unsaturated/α-hetero) is 1.